The Hall–Kier alpha value is -3.90. The molecule has 3 heterocycles. The number of amides is 3. The summed E-state index contributed by atoms with van der Waals surface area (Å²) in [4.78, 5) is 32.6. The number of nitrogens with zero attached hydrogens (tertiary/aromatic N) is 3. The average molecular weight is 518 g/mol. The quantitative estimate of drug-likeness (QED) is 0.422. The number of aromatic nitrogens is 1. The zero-order valence-electron chi connectivity index (χ0n) is 21.1. The van der Waals surface area contributed by atoms with E-state index in [9.17, 15) is 14.9 Å². The number of rotatable bonds is 9. The monoisotopic (exact) mass is 517 g/mol. The summed E-state index contributed by atoms with van der Waals surface area (Å²) in [5.41, 5.74) is 3.34. The highest BCUT2D eigenvalue weighted by atomic mass is 32.1. The number of nitriles is 1. The number of thiophene rings is 1. The van der Waals surface area contributed by atoms with Crippen LogP contribution >= 0.6 is 11.3 Å². The van der Waals surface area contributed by atoms with E-state index in [-0.39, 0.29) is 24.3 Å². The summed E-state index contributed by atoms with van der Waals surface area (Å²) in [6.45, 7) is 5.92. The molecule has 0 spiro atoms. The first-order valence-electron chi connectivity index (χ1n) is 12.5. The number of carbonyl (C=O) groups excluding carboxylic acids is 2. The van der Waals surface area contributed by atoms with Crippen LogP contribution in [0.25, 0.3) is 0 Å². The van der Waals surface area contributed by atoms with Crippen LogP contribution in [-0.2, 0) is 24.2 Å². The Labute approximate surface area is 221 Å². The maximum Gasteiger partial charge on any atom is 0.317 e. The molecule has 3 amide bonds. The smallest absolute Gasteiger partial charge is 0.317 e. The van der Waals surface area contributed by atoms with E-state index in [1.807, 2.05) is 56.3 Å². The Morgan fingerprint density at radius 2 is 2.05 bits per heavy atom. The predicted molar refractivity (Wildman–Crippen MR) is 144 cm³/mol. The second kappa shape index (κ2) is 12.4. The number of hydrogen-bond donors (Lipinski definition) is 2. The second-order valence-corrected chi connectivity index (χ2v) is 10.0. The number of urea groups is 1. The second-order valence-electron chi connectivity index (χ2n) is 8.92. The van der Waals surface area contributed by atoms with E-state index in [2.05, 4.69) is 21.7 Å². The van der Waals surface area contributed by atoms with Gasteiger partial charge >= 0.3 is 6.03 Å². The van der Waals surface area contributed by atoms with Crippen molar-refractivity contribution in [3.8, 4) is 11.8 Å². The molecule has 37 heavy (non-hydrogen) atoms. The molecule has 0 radical (unpaired) electrons. The fourth-order valence-corrected chi connectivity index (χ4v) is 5.71. The van der Waals surface area contributed by atoms with Gasteiger partial charge in [0.25, 0.3) is 0 Å². The third-order valence-electron chi connectivity index (χ3n) is 6.33. The number of carbonyl (C=O) groups is 2. The number of hydrogen-bond acceptors (Lipinski definition) is 6. The summed E-state index contributed by atoms with van der Waals surface area (Å²) < 4.78 is 5.71. The van der Waals surface area contributed by atoms with Gasteiger partial charge < -0.3 is 20.3 Å². The lowest BCUT2D eigenvalue weighted by Crippen LogP contribution is -2.43. The molecule has 192 valence electrons. The lowest BCUT2D eigenvalue weighted by molar-refractivity contribution is -0.116. The highest BCUT2D eigenvalue weighted by molar-refractivity contribution is 7.16. The molecule has 1 aliphatic rings. The molecule has 0 saturated heterocycles. The Morgan fingerprint density at radius 3 is 2.81 bits per heavy atom. The van der Waals surface area contributed by atoms with Crippen LogP contribution in [0.15, 0.2) is 48.7 Å². The molecule has 0 aliphatic carbocycles. The van der Waals surface area contributed by atoms with Crippen LogP contribution in [0, 0.1) is 11.3 Å². The number of benzene rings is 1. The fraction of sp³-hybridized carbons (Fsp3) is 0.357. The lowest BCUT2D eigenvalue weighted by Gasteiger charge is -2.27. The first kappa shape index (κ1) is 26.2. The summed E-state index contributed by atoms with van der Waals surface area (Å²) in [5.74, 6) is 0.583. The maximum atomic E-state index is 12.9. The van der Waals surface area contributed by atoms with Crippen LogP contribution in [0.2, 0.25) is 0 Å². The van der Waals surface area contributed by atoms with Crippen LogP contribution in [0.1, 0.15) is 53.4 Å². The summed E-state index contributed by atoms with van der Waals surface area (Å²) >= 11 is 1.38. The van der Waals surface area contributed by atoms with Crippen molar-refractivity contribution in [2.75, 3.05) is 25.0 Å². The van der Waals surface area contributed by atoms with Gasteiger partial charge in [-0.05, 0) is 48.6 Å². The largest absolute Gasteiger partial charge is 0.494 e. The van der Waals surface area contributed by atoms with Crippen LogP contribution in [0.3, 0.4) is 0 Å². The Kier molecular flexibility index (Phi) is 8.75. The van der Waals surface area contributed by atoms with Gasteiger partial charge in [-0.3, -0.25) is 9.78 Å². The van der Waals surface area contributed by atoms with Gasteiger partial charge in [0.1, 0.15) is 16.8 Å². The van der Waals surface area contributed by atoms with E-state index < -0.39 is 0 Å². The molecule has 1 aromatic carbocycles. The van der Waals surface area contributed by atoms with Crippen molar-refractivity contribution in [1.29, 1.82) is 5.26 Å². The molecule has 1 aliphatic heterocycles. The van der Waals surface area contributed by atoms with Crippen molar-refractivity contribution in [1.82, 2.24) is 15.2 Å². The third kappa shape index (κ3) is 6.46. The molecule has 1 atom stereocenters. The van der Waals surface area contributed by atoms with Crippen LogP contribution in [-0.4, -0.2) is 41.5 Å². The van der Waals surface area contributed by atoms with E-state index in [0.29, 0.717) is 49.6 Å². The van der Waals surface area contributed by atoms with Crippen molar-refractivity contribution in [3.05, 3.63) is 75.9 Å². The van der Waals surface area contributed by atoms with Crippen LogP contribution in [0.5, 0.6) is 5.75 Å². The molecule has 4 rings (SSSR count). The molecule has 0 fully saturated rings. The molecule has 0 saturated carbocycles. The van der Waals surface area contributed by atoms with E-state index in [0.717, 1.165) is 27.4 Å². The summed E-state index contributed by atoms with van der Waals surface area (Å²) in [6, 6.07) is 15.6. The average Bonchev–Trinajstić information content (AvgIpc) is 3.25. The Balaban J connectivity index is 1.36. The molecule has 0 bridgehead atoms. The number of ether oxygens (including phenoxy) is 1. The van der Waals surface area contributed by atoms with Crippen molar-refractivity contribution >= 4 is 28.3 Å². The fourth-order valence-electron chi connectivity index (χ4n) is 4.48. The highest BCUT2D eigenvalue weighted by Crippen LogP contribution is 2.37. The first-order chi connectivity index (χ1) is 18.0. The number of anilines is 1. The predicted octanol–water partition coefficient (Wildman–Crippen LogP) is 4.86. The van der Waals surface area contributed by atoms with Crippen LogP contribution < -0.4 is 15.4 Å². The van der Waals surface area contributed by atoms with Crippen molar-refractivity contribution < 1.29 is 14.3 Å². The maximum absolute atomic E-state index is 12.9. The third-order valence-corrected chi connectivity index (χ3v) is 7.47. The first-order valence-corrected chi connectivity index (χ1v) is 13.3. The standard InChI is InChI=1S/C28H31N5O3S/c1-3-36-24-10-5-4-9-21(24)19(2)16-26(34)32-27-23(17-29)22-12-15-33(18-25(22)37-27)28(35)31-14-11-20-8-6-7-13-30-20/h4-10,13,19H,3,11-12,14-16,18H2,1-2H3,(H,31,35)(H,32,34). The number of pyridine rings is 1. The van der Waals surface area contributed by atoms with Gasteiger partial charge in [-0.15, -0.1) is 11.3 Å². The van der Waals surface area contributed by atoms with E-state index in [1.165, 1.54) is 11.3 Å². The molecular formula is C28H31N5O3S. The molecule has 2 N–H and O–H groups in total. The molecule has 1 unspecified atom stereocenters. The van der Waals surface area contributed by atoms with Crippen molar-refractivity contribution in [3.63, 3.8) is 0 Å². The SMILES string of the molecule is CCOc1ccccc1C(C)CC(=O)Nc1sc2c(c1C#N)CCN(C(=O)NCCc1ccccn1)C2. The van der Waals surface area contributed by atoms with Gasteiger partial charge in [-0.1, -0.05) is 31.2 Å². The molecule has 8 nitrogen and oxygen atoms in total. The summed E-state index contributed by atoms with van der Waals surface area (Å²) in [5, 5.41) is 16.3. The summed E-state index contributed by atoms with van der Waals surface area (Å²) in [6.07, 6.45) is 3.25. The summed E-state index contributed by atoms with van der Waals surface area (Å²) in [7, 11) is 0. The number of para-hydroxylation sites is 1. The highest BCUT2D eigenvalue weighted by Gasteiger charge is 2.28. The zero-order chi connectivity index (χ0) is 26.2. The van der Waals surface area contributed by atoms with E-state index in [4.69, 9.17) is 4.74 Å². The van der Waals surface area contributed by atoms with Gasteiger partial charge in [0, 0.05) is 42.7 Å². The van der Waals surface area contributed by atoms with E-state index >= 15 is 0 Å². The zero-order valence-corrected chi connectivity index (χ0v) is 21.9. The van der Waals surface area contributed by atoms with Crippen molar-refractivity contribution in [2.24, 2.45) is 0 Å². The molecular weight excluding hydrogens is 486 g/mol. The van der Waals surface area contributed by atoms with Gasteiger partial charge in [-0.25, -0.2) is 4.79 Å². The topological polar surface area (TPSA) is 107 Å². The van der Waals surface area contributed by atoms with E-state index in [1.54, 1.807) is 11.1 Å². The molecule has 9 heteroatoms. The molecule has 2 aromatic heterocycles. The minimum atomic E-state index is -0.155. The minimum absolute atomic E-state index is 0.0480. The van der Waals surface area contributed by atoms with Crippen LogP contribution in [0.4, 0.5) is 9.80 Å². The van der Waals surface area contributed by atoms with Gasteiger partial charge in [0.15, 0.2) is 0 Å². The van der Waals surface area contributed by atoms with Crippen molar-refractivity contribution in [2.45, 2.75) is 45.6 Å². The number of nitrogens with one attached hydrogen (secondary N) is 2. The lowest BCUT2D eigenvalue weighted by atomic mass is 9.96. The Morgan fingerprint density at radius 1 is 1.24 bits per heavy atom. The Bertz CT molecular complexity index is 1280. The molecule has 3 aromatic rings. The van der Waals surface area contributed by atoms with Gasteiger partial charge in [0.2, 0.25) is 5.91 Å². The van der Waals surface area contributed by atoms with Gasteiger partial charge in [0.05, 0.1) is 18.7 Å². The minimum Gasteiger partial charge on any atom is -0.494 e. The normalized spacial score (nSPS) is 13.3. The van der Waals surface area contributed by atoms with Gasteiger partial charge in [-0.2, -0.15) is 5.26 Å². The number of fused-ring (bicyclic) bond motifs is 1.